The fraction of sp³-hybridized carbons (Fsp3) is 0.500. The lowest BCUT2D eigenvalue weighted by Crippen LogP contribution is -2.09. The molecule has 1 atom stereocenters. The van der Waals surface area contributed by atoms with Crippen molar-refractivity contribution in [3.8, 4) is 0 Å². The standard InChI is InChI=1S/C10H14N4OS/c1-3-7-9(16-13-12-7)8(15)10-11-5-6-14(10)4-2/h5-6,8,15H,3-4H2,1-2H3. The van der Waals surface area contributed by atoms with Gasteiger partial charge in [0.15, 0.2) is 0 Å². The van der Waals surface area contributed by atoms with E-state index in [0.29, 0.717) is 5.82 Å². The molecule has 0 aliphatic carbocycles. The van der Waals surface area contributed by atoms with Crippen molar-refractivity contribution in [3.05, 3.63) is 28.8 Å². The van der Waals surface area contributed by atoms with E-state index in [1.54, 1.807) is 6.20 Å². The van der Waals surface area contributed by atoms with E-state index in [4.69, 9.17) is 0 Å². The summed E-state index contributed by atoms with van der Waals surface area (Å²) in [6.07, 6.45) is 3.61. The SMILES string of the molecule is CCc1nnsc1C(O)c1nccn1CC. The van der Waals surface area contributed by atoms with Gasteiger partial charge in [0.2, 0.25) is 0 Å². The molecule has 0 spiro atoms. The van der Waals surface area contributed by atoms with E-state index in [9.17, 15) is 5.11 Å². The van der Waals surface area contributed by atoms with Crippen molar-refractivity contribution in [1.82, 2.24) is 19.1 Å². The van der Waals surface area contributed by atoms with Gasteiger partial charge in [0.1, 0.15) is 11.9 Å². The Bertz CT molecular complexity index is 423. The summed E-state index contributed by atoms with van der Waals surface area (Å²) in [5.41, 5.74) is 0.850. The summed E-state index contributed by atoms with van der Waals surface area (Å²) in [6, 6.07) is 0. The number of imidazole rings is 1. The average molecular weight is 238 g/mol. The van der Waals surface area contributed by atoms with Crippen LogP contribution in [-0.4, -0.2) is 24.2 Å². The summed E-state index contributed by atoms with van der Waals surface area (Å²) in [6.45, 7) is 4.81. The van der Waals surface area contributed by atoms with E-state index < -0.39 is 6.10 Å². The van der Waals surface area contributed by atoms with Crippen LogP contribution in [0.3, 0.4) is 0 Å². The number of nitrogens with zero attached hydrogens (tertiary/aromatic N) is 4. The van der Waals surface area contributed by atoms with Crippen LogP contribution in [0, 0.1) is 0 Å². The van der Waals surface area contributed by atoms with Crippen LogP contribution in [0.25, 0.3) is 0 Å². The first-order valence-electron chi connectivity index (χ1n) is 5.28. The molecule has 2 aromatic heterocycles. The first kappa shape index (κ1) is 11.2. The predicted molar refractivity (Wildman–Crippen MR) is 61.2 cm³/mol. The van der Waals surface area contributed by atoms with Crippen LogP contribution in [-0.2, 0) is 13.0 Å². The van der Waals surface area contributed by atoms with Gasteiger partial charge >= 0.3 is 0 Å². The minimum Gasteiger partial charge on any atom is -0.379 e. The van der Waals surface area contributed by atoms with Crippen LogP contribution in [0.1, 0.15) is 36.3 Å². The Morgan fingerprint density at radius 1 is 1.50 bits per heavy atom. The Morgan fingerprint density at radius 2 is 2.31 bits per heavy atom. The lowest BCUT2D eigenvalue weighted by atomic mass is 10.2. The first-order chi connectivity index (χ1) is 7.77. The smallest absolute Gasteiger partial charge is 0.149 e. The molecule has 1 N–H and O–H groups in total. The minimum absolute atomic E-state index is 0.656. The van der Waals surface area contributed by atoms with Crippen LogP contribution in [0.5, 0.6) is 0 Å². The second-order valence-corrected chi connectivity index (χ2v) is 4.20. The second-order valence-electron chi connectivity index (χ2n) is 3.41. The molecule has 16 heavy (non-hydrogen) atoms. The molecule has 0 amide bonds. The molecule has 0 fully saturated rings. The summed E-state index contributed by atoms with van der Waals surface area (Å²) in [7, 11) is 0. The van der Waals surface area contributed by atoms with Gasteiger partial charge in [0.25, 0.3) is 0 Å². The number of rotatable bonds is 4. The molecule has 0 aromatic carbocycles. The van der Waals surface area contributed by atoms with Gasteiger partial charge in [-0.25, -0.2) is 4.98 Å². The number of aryl methyl sites for hydroxylation is 2. The Labute approximate surface area is 97.9 Å². The van der Waals surface area contributed by atoms with Crippen LogP contribution in [0.2, 0.25) is 0 Å². The molecule has 2 rings (SSSR count). The van der Waals surface area contributed by atoms with E-state index in [-0.39, 0.29) is 0 Å². The Hall–Kier alpha value is -1.27. The van der Waals surface area contributed by atoms with Gasteiger partial charge in [-0.1, -0.05) is 11.4 Å². The van der Waals surface area contributed by atoms with Crippen molar-refractivity contribution in [2.75, 3.05) is 0 Å². The monoisotopic (exact) mass is 238 g/mol. The first-order valence-corrected chi connectivity index (χ1v) is 6.05. The molecule has 0 radical (unpaired) electrons. The molecule has 86 valence electrons. The van der Waals surface area contributed by atoms with Crippen molar-refractivity contribution in [3.63, 3.8) is 0 Å². The van der Waals surface area contributed by atoms with Crippen LogP contribution in [0.4, 0.5) is 0 Å². The third-order valence-corrected chi connectivity index (χ3v) is 3.32. The molecule has 0 saturated heterocycles. The number of hydrogen-bond donors (Lipinski definition) is 1. The molecule has 0 bridgehead atoms. The minimum atomic E-state index is -0.718. The summed E-state index contributed by atoms with van der Waals surface area (Å²) >= 11 is 1.24. The quantitative estimate of drug-likeness (QED) is 0.874. The lowest BCUT2D eigenvalue weighted by Gasteiger charge is -2.10. The molecule has 0 aliphatic rings. The molecule has 1 unspecified atom stereocenters. The normalized spacial score (nSPS) is 12.9. The molecule has 2 aromatic rings. The summed E-state index contributed by atoms with van der Waals surface area (Å²) in [5, 5.41) is 14.2. The fourth-order valence-corrected chi connectivity index (χ4v) is 2.34. The Balaban J connectivity index is 2.35. The van der Waals surface area contributed by atoms with E-state index in [1.165, 1.54) is 11.5 Å². The molecular formula is C10H14N4OS. The number of aliphatic hydroxyl groups excluding tert-OH is 1. The maximum atomic E-state index is 10.2. The highest BCUT2D eigenvalue weighted by Crippen LogP contribution is 2.26. The maximum absolute atomic E-state index is 10.2. The highest BCUT2D eigenvalue weighted by Gasteiger charge is 2.21. The Kier molecular flexibility index (Phi) is 3.31. The highest BCUT2D eigenvalue weighted by molar-refractivity contribution is 7.05. The largest absolute Gasteiger partial charge is 0.379 e. The van der Waals surface area contributed by atoms with Crippen molar-refractivity contribution >= 4 is 11.5 Å². The molecule has 0 aliphatic heterocycles. The second kappa shape index (κ2) is 4.71. The van der Waals surface area contributed by atoms with E-state index in [1.807, 2.05) is 24.6 Å². The van der Waals surface area contributed by atoms with Gasteiger partial charge in [0.05, 0.1) is 10.6 Å². The van der Waals surface area contributed by atoms with Gasteiger partial charge in [-0.2, -0.15) is 0 Å². The van der Waals surface area contributed by atoms with E-state index >= 15 is 0 Å². The highest BCUT2D eigenvalue weighted by atomic mass is 32.1. The van der Waals surface area contributed by atoms with Crippen LogP contribution in [0.15, 0.2) is 12.4 Å². The third kappa shape index (κ3) is 1.85. The summed E-state index contributed by atoms with van der Waals surface area (Å²) in [4.78, 5) is 4.98. The number of hydrogen-bond acceptors (Lipinski definition) is 5. The van der Waals surface area contributed by atoms with Gasteiger partial charge in [-0.3, -0.25) is 0 Å². The predicted octanol–water partition coefficient (Wildman–Crippen LogP) is 1.40. The van der Waals surface area contributed by atoms with Crippen molar-refractivity contribution in [1.29, 1.82) is 0 Å². The molecule has 5 nitrogen and oxygen atoms in total. The topological polar surface area (TPSA) is 63.8 Å². The van der Waals surface area contributed by atoms with Crippen molar-refractivity contribution in [2.45, 2.75) is 32.9 Å². The lowest BCUT2D eigenvalue weighted by molar-refractivity contribution is 0.207. The zero-order valence-corrected chi connectivity index (χ0v) is 10.1. The van der Waals surface area contributed by atoms with Crippen LogP contribution >= 0.6 is 11.5 Å². The van der Waals surface area contributed by atoms with Gasteiger partial charge in [0, 0.05) is 18.9 Å². The van der Waals surface area contributed by atoms with Gasteiger partial charge in [-0.05, 0) is 24.9 Å². The van der Waals surface area contributed by atoms with Crippen molar-refractivity contribution in [2.24, 2.45) is 0 Å². The molecule has 2 heterocycles. The van der Waals surface area contributed by atoms with E-state index in [0.717, 1.165) is 23.5 Å². The zero-order valence-electron chi connectivity index (χ0n) is 9.29. The van der Waals surface area contributed by atoms with Gasteiger partial charge in [-0.15, -0.1) is 5.10 Å². The molecule has 0 saturated carbocycles. The Morgan fingerprint density at radius 3 is 3.00 bits per heavy atom. The molecule has 6 heteroatoms. The van der Waals surface area contributed by atoms with Crippen LogP contribution < -0.4 is 0 Å². The maximum Gasteiger partial charge on any atom is 0.149 e. The fourth-order valence-electron chi connectivity index (χ4n) is 1.62. The molecular weight excluding hydrogens is 224 g/mol. The third-order valence-electron chi connectivity index (χ3n) is 2.50. The number of aromatic nitrogens is 4. The summed E-state index contributed by atoms with van der Waals surface area (Å²) < 4.78 is 5.79. The van der Waals surface area contributed by atoms with E-state index in [2.05, 4.69) is 14.6 Å². The summed E-state index contributed by atoms with van der Waals surface area (Å²) in [5.74, 6) is 0.656. The van der Waals surface area contributed by atoms with Gasteiger partial charge < -0.3 is 9.67 Å². The van der Waals surface area contributed by atoms with Crippen molar-refractivity contribution < 1.29 is 5.11 Å². The number of aliphatic hydroxyl groups is 1. The average Bonchev–Trinajstić information content (AvgIpc) is 2.96. The zero-order chi connectivity index (χ0) is 11.5.